The van der Waals surface area contributed by atoms with Crippen molar-refractivity contribution in [2.24, 2.45) is 5.92 Å². The maximum absolute atomic E-state index is 11.6. The van der Waals surface area contributed by atoms with E-state index in [1.165, 1.54) is 11.1 Å². The maximum Gasteiger partial charge on any atom is 0.222 e. The van der Waals surface area contributed by atoms with Crippen LogP contribution in [0.3, 0.4) is 0 Å². The van der Waals surface area contributed by atoms with Crippen LogP contribution in [0, 0.1) is 12.8 Å². The Bertz CT molecular complexity index is 467. The minimum atomic E-state index is 0.153. The Morgan fingerprint density at radius 1 is 1.40 bits per heavy atom. The van der Waals surface area contributed by atoms with Crippen molar-refractivity contribution >= 4 is 11.7 Å². The summed E-state index contributed by atoms with van der Waals surface area (Å²) in [6, 6.07) is 2.18. The molecular weight excluding hydrogens is 252 g/mol. The number of nitrogens with zero attached hydrogens (tertiary/aromatic N) is 2. The minimum Gasteiger partial charge on any atom is -0.359 e. The maximum atomic E-state index is 11.6. The average molecular weight is 276 g/mol. The molecule has 0 saturated carbocycles. The van der Waals surface area contributed by atoms with E-state index in [-0.39, 0.29) is 11.8 Å². The van der Waals surface area contributed by atoms with Crippen molar-refractivity contribution in [1.29, 1.82) is 0 Å². The number of anilines is 1. The summed E-state index contributed by atoms with van der Waals surface area (Å²) in [5.74, 6) is 1.37. The first-order chi connectivity index (χ1) is 9.65. The van der Waals surface area contributed by atoms with Crippen LogP contribution in [0.2, 0.25) is 0 Å². The van der Waals surface area contributed by atoms with Gasteiger partial charge in [-0.1, -0.05) is 0 Å². The highest BCUT2D eigenvalue weighted by atomic mass is 16.1. The largest absolute Gasteiger partial charge is 0.359 e. The molecule has 1 saturated heterocycles. The van der Waals surface area contributed by atoms with Gasteiger partial charge in [-0.05, 0) is 44.0 Å². The molecule has 1 aliphatic rings. The molecule has 0 radical (unpaired) electrons. The van der Waals surface area contributed by atoms with Crippen molar-refractivity contribution in [2.75, 3.05) is 32.1 Å². The SMILES string of the molecule is CNCc1cnc(N2CCC(C(=O)NC)CC2)c(C)c1. The van der Waals surface area contributed by atoms with Gasteiger partial charge in [0.25, 0.3) is 0 Å². The Hall–Kier alpha value is -1.62. The van der Waals surface area contributed by atoms with Gasteiger partial charge in [0.2, 0.25) is 5.91 Å². The van der Waals surface area contributed by atoms with Gasteiger partial charge in [-0.15, -0.1) is 0 Å². The van der Waals surface area contributed by atoms with Crippen LogP contribution in [0.1, 0.15) is 24.0 Å². The molecule has 1 aliphatic heterocycles. The van der Waals surface area contributed by atoms with Gasteiger partial charge in [0, 0.05) is 38.8 Å². The van der Waals surface area contributed by atoms with Crippen molar-refractivity contribution in [2.45, 2.75) is 26.3 Å². The van der Waals surface area contributed by atoms with E-state index in [1.54, 1.807) is 7.05 Å². The molecule has 2 rings (SSSR count). The van der Waals surface area contributed by atoms with Crippen LogP contribution in [0.15, 0.2) is 12.3 Å². The molecule has 0 bridgehead atoms. The van der Waals surface area contributed by atoms with Crippen LogP contribution in [0.4, 0.5) is 5.82 Å². The lowest BCUT2D eigenvalue weighted by atomic mass is 9.95. The summed E-state index contributed by atoms with van der Waals surface area (Å²) in [7, 11) is 3.65. The van der Waals surface area contributed by atoms with Crippen molar-refractivity contribution in [3.63, 3.8) is 0 Å². The van der Waals surface area contributed by atoms with Crippen molar-refractivity contribution in [1.82, 2.24) is 15.6 Å². The first-order valence-corrected chi connectivity index (χ1v) is 7.22. The summed E-state index contributed by atoms with van der Waals surface area (Å²) in [6.07, 6.45) is 3.74. The minimum absolute atomic E-state index is 0.153. The number of pyridine rings is 1. The summed E-state index contributed by atoms with van der Waals surface area (Å²) >= 11 is 0. The van der Waals surface area contributed by atoms with E-state index >= 15 is 0 Å². The Balaban J connectivity index is 2.01. The number of carbonyl (C=O) groups is 1. The molecule has 0 unspecified atom stereocenters. The predicted molar refractivity (Wildman–Crippen MR) is 80.7 cm³/mol. The van der Waals surface area contributed by atoms with Gasteiger partial charge in [-0.3, -0.25) is 4.79 Å². The molecule has 0 spiro atoms. The zero-order valence-electron chi connectivity index (χ0n) is 12.6. The van der Waals surface area contributed by atoms with Gasteiger partial charge < -0.3 is 15.5 Å². The second-order valence-electron chi connectivity index (χ2n) is 5.39. The van der Waals surface area contributed by atoms with Gasteiger partial charge in [0.05, 0.1) is 0 Å². The molecule has 1 aromatic heterocycles. The van der Waals surface area contributed by atoms with Gasteiger partial charge in [0.1, 0.15) is 5.82 Å². The number of aryl methyl sites for hydroxylation is 1. The Morgan fingerprint density at radius 3 is 2.65 bits per heavy atom. The van der Waals surface area contributed by atoms with Crippen LogP contribution >= 0.6 is 0 Å². The summed E-state index contributed by atoms with van der Waals surface area (Å²) in [4.78, 5) is 18.5. The zero-order valence-corrected chi connectivity index (χ0v) is 12.6. The standard InChI is InChI=1S/C15H24N4O/c1-11-8-12(9-16-2)10-18-14(11)19-6-4-13(5-7-19)15(20)17-3/h8,10,13,16H,4-7,9H2,1-3H3,(H,17,20). The van der Waals surface area contributed by atoms with Crippen LogP contribution in [0.25, 0.3) is 0 Å². The van der Waals surface area contributed by atoms with Gasteiger partial charge in [0.15, 0.2) is 0 Å². The van der Waals surface area contributed by atoms with Crippen LogP contribution in [-0.2, 0) is 11.3 Å². The molecule has 2 N–H and O–H groups in total. The van der Waals surface area contributed by atoms with E-state index in [1.807, 2.05) is 13.2 Å². The molecule has 5 nitrogen and oxygen atoms in total. The van der Waals surface area contributed by atoms with E-state index < -0.39 is 0 Å². The second-order valence-corrected chi connectivity index (χ2v) is 5.39. The highest BCUT2D eigenvalue weighted by Crippen LogP contribution is 2.24. The lowest BCUT2D eigenvalue weighted by molar-refractivity contribution is -0.125. The molecular formula is C15H24N4O. The van der Waals surface area contributed by atoms with Crippen LogP contribution in [-0.4, -0.2) is 38.1 Å². The first kappa shape index (κ1) is 14.8. The number of hydrogen-bond donors (Lipinski definition) is 2. The third-order valence-corrected chi connectivity index (χ3v) is 3.90. The summed E-state index contributed by atoms with van der Waals surface area (Å²) in [5, 5.41) is 5.88. The molecule has 110 valence electrons. The van der Waals surface area contributed by atoms with E-state index in [9.17, 15) is 4.79 Å². The lowest BCUT2D eigenvalue weighted by Crippen LogP contribution is -2.40. The fraction of sp³-hybridized carbons (Fsp3) is 0.600. The van der Waals surface area contributed by atoms with Crippen molar-refractivity contribution in [3.05, 3.63) is 23.4 Å². The number of amides is 1. The smallest absolute Gasteiger partial charge is 0.222 e. The lowest BCUT2D eigenvalue weighted by Gasteiger charge is -2.32. The average Bonchev–Trinajstić information content (AvgIpc) is 2.47. The molecule has 2 heterocycles. The number of rotatable bonds is 4. The fourth-order valence-electron chi connectivity index (χ4n) is 2.82. The Labute approximate surface area is 120 Å². The molecule has 20 heavy (non-hydrogen) atoms. The molecule has 1 amide bonds. The van der Waals surface area contributed by atoms with Gasteiger partial charge >= 0.3 is 0 Å². The van der Waals surface area contributed by atoms with Gasteiger partial charge in [-0.2, -0.15) is 0 Å². The zero-order chi connectivity index (χ0) is 14.5. The van der Waals surface area contributed by atoms with E-state index in [0.29, 0.717) is 0 Å². The molecule has 0 aromatic carbocycles. The highest BCUT2D eigenvalue weighted by Gasteiger charge is 2.25. The summed E-state index contributed by atoms with van der Waals surface area (Å²) < 4.78 is 0. The van der Waals surface area contributed by atoms with Crippen molar-refractivity contribution in [3.8, 4) is 0 Å². The number of carbonyl (C=O) groups excluding carboxylic acids is 1. The fourth-order valence-corrected chi connectivity index (χ4v) is 2.82. The summed E-state index contributed by atoms with van der Waals surface area (Å²) in [6.45, 7) is 4.74. The molecule has 0 aliphatic carbocycles. The van der Waals surface area contributed by atoms with Crippen LogP contribution in [0.5, 0.6) is 0 Å². The molecule has 1 aromatic rings. The third kappa shape index (κ3) is 3.28. The first-order valence-electron chi connectivity index (χ1n) is 7.22. The monoisotopic (exact) mass is 276 g/mol. The number of nitrogens with one attached hydrogen (secondary N) is 2. The van der Waals surface area contributed by atoms with Gasteiger partial charge in [-0.25, -0.2) is 4.98 Å². The number of hydrogen-bond acceptors (Lipinski definition) is 4. The Kier molecular flexibility index (Phi) is 4.95. The quantitative estimate of drug-likeness (QED) is 0.864. The number of aromatic nitrogens is 1. The normalized spacial score (nSPS) is 16.2. The van der Waals surface area contributed by atoms with E-state index in [4.69, 9.17) is 0 Å². The predicted octanol–water partition coefficient (Wildman–Crippen LogP) is 1.07. The van der Waals surface area contributed by atoms with Crippen molar-refractivity contribution < 1.29 is 4.79 Å². The van der Waals surface area contributed by atoms with Crippen LogP contribution < -0.4 is 15.5 Å². The molecule has 5 heteroatoms. The summed E-state index contributed by atoms with van der Waals surface area (Å²) in [5.41, 5.74) is 2.41. The molecule has 1 fully saturated rings. The Morgan fingerprint density at radius 2 is 2.10 bits per heavy atom. The second kappa shape index (κ2) is 6.70. The van der Waals surface area contributed by atoms with E-state index in [2.05, 4.69) is 33.5 Å². The van der Waals surface area contributed by atoms with E-state index in [0.717, 1.165) is 38.3 Å². The number of piperidine rings is 1. The molecule has 0 atom stereocenters. The third-order valence-electron chi connectivity index (χ3n) is 3.90. The topological polar surface area (TPSA) is 57.3 Å². The highest BCUT2D eigenvalue weighted by molar-refractivity contribution is 5.78.